The van der Waals surface area contributed by atoms with Crippen LogP contribution >= 0.6 is 23.8 Å². The van der Waals surface area contributed by atoms with Crippen LogP contribution in [0.4, 0.5) is 10.1 Å². The molecule has 170 valence electrons. The lowest BCUT2D eigenvalue weighted by atomic mass is 10.0. The Kier molecular flexibility index (Phi) is 5.77. The van der Waals surface area contributed by atoms with Gasteiger partial charge in [0, 0.05) is 11.8 Å². The zero-order valence-corrected chi connectivity index (χ0v) is 19.1. The van der Waals surface area contributed by atoms with Gasteiger partial charge in [-0.2, -0.15) is 0 Å². The van der Waals surface area contributed by atoms with E-state index in [0.29, 0.717) is 38.6 Å². The standard InChI is InChI=1S/C25H17ClFN3O3S/c26-16-9-8-14(24(31)32)13-15(16)20-10-11-21(33-20)23-22(18-6-3-4-12-28-18)29-25(34)30(23)19-7-2-1-5-17(19)27/h1-13,22-23H,(H,29,34)(H,31,32)/t22-,23+/m0/s1. The molecule has 34 heavy (non-hydrogen) atoms. The summed E-state index contributed by atoms with van der Waals surface area (Å²) in [5.74, 6) is -0.634. The number of hydrogen-bond acceptors (Lipinski definition) is 4. The number of halogens is 2. The number of para-hydroxylation sites is 1. The van der Waals surface area contributed by atoms with Gasteiger partial charge in [-0.15, -0.1) is 0 Å². The predicted octanol–water partition coefficient (Wildman–Crippen LogP) is 6.01. The average Bonchev–Trinajstić information content (AvgIpc) is 3.45. The third kappa shape index (κ3) is 3.91. The maximum absolute atomic E-state index is 14.8. The molecule has 0 spiro atoms. The molecule has 1 aliphatic rings. The Morgan fingerprint density at radius 2 is 1.91 bits per heavy atom. The molecule has 4 aromatic rings. The Balaban J connectivity index is 1.62. The van der Waals surface area contributed by atoms with Crippen LogP contribution in [-0.2, 0) is 0 Å². The van der Waals surface area contributed by atoms with E-state index in [-0.39, 0.29) is 5.56 Å². The fraction of sp³-hybridized carbons (Fsp3) is 0.0800. The van der Waals surface area contributed by atoms with Gasteiger partial charge in [0.2, 0.25) is 0 Å². The second-order valence-corrected chi connectivity index (χ2v) is 8.44. The zero-order valence-electron chi connectivity index (χ0n) is 17.5. The molecule has 1 saturated heterocycles. The van der Waals surface area contributed by atoms with Crippen LogP contribution in [-0.4, -0.2) is 21.2 Å². The molecule has 3 heterocycles. The van der Waals surface area contributed by atoms with Crippen LogP contribution in [0.3, 0.4) is 0 Å². The number of hydrogen-bond donors (Lipinski definition) is 2. The summed E-state index contributed by atoms with van der Waals surface area (Å²) in [7, 11) is 0. The largest absolute Gasteiger partial charge is 0.478 e. The number of furan rings is 1. The fourth-order valence-electron chi connectivity index (χ4n) is 4.05. The van der Waals surface area contributed by atoms with E-state index in [9.17, 15) is 14.3 Å². The van der Waals surface area contributed by atoms with E-state index in [1.807, 2.05) is 18.2 Å². The average molecular weight is 494 g/mol. The number of benzene rings is 2. The molecule has 0 unspecified atom stereocenters. The van der Waals surface area contributed by atoms with Crippen molar-refractivity contribution in [2.24, 2.45) is 0 Å². The third-order valence-electron chi connectivity index (χ3n) is 5.61. The van der Waals surface area contributed by atoms with Gasteiger partial charge in [0.15, 0.2) is 5.11 Å². The van der Waals surface area contributed by atoms with Crippen molar-refractivity contribution in [3.8, 4) is 11.3 Å². The Morgan fingerprint density at radius 3 is 2.65 bits per heavy atom. The highest BCUT2D eigenvalue weighted by Crippen LogP contribution is 2.44. The number of nitrogens with one attached hydrogen (secondary N) is 1. The molecule has 0 amide bonds. The van der Waals surface area contributed by atoms with Crippen LogP contribution in [0.1, 0.15) is 33.9 Å². The summed E-state index contributed by atoms with van der Waals surface area (Å²) in [6.45, 7) is 0. The third-order valence-corrected chi connectivity index (χ3v) is 6.25. The van der Waals surface area contributed by atoms with Crippen molar-refractivity contribution in [2.45, 2.75) is 12.1 Å². The van der Waals surface area contributed by atoms with Gasteiger partial charge in [-0.05, 0) is 66.8 Å². The van der Waals surface area contributed by atoms with E-state index in [2.05, 4.69) is 10.3 Å². The summed E-state index contributed by atoms with van der Waals surface area (Å²) in [6, 6.07) is 18.8. The van der Waals surface area contributed by atoms with Crippen molar-refractivity contribution in [2.75, 3.05) is 4.90 Å². The van der Waals surface area contributed by atoms with Gasteiger partial charge in [-0.1, -0.05) is 29.8 Å². The lowest BCUT2D eigenvalue weighted by Gasteiger charge is -2.26. The quantitative estimate of drug-likeness (QED) is 0.330. The smallest absolute Gasteiger partial charge is 0.335 e. The number of thiocarbonyl (C=S) groups is 1. The Morgan fingerprint density at radius 1 is 1.12 bits per heavy atom. The minimum Gasteiger partial charge on any atom is -0.478 e. The van der Waals surface area contributed by atoms with E-state index in [0.717, 1.165) is 0 Å². The van der Waals surface area contributed by atoms with Crippen LogP contribution in [0, 0.1) is 5.82 Å². The van der Waals surface area contributed by atoms with Crippen molar-refractivity contribution >= 4 is 40.6 Å². The van der Waals surface area contributed by atoms with Crippen LogP contribution in [0.25, 0.3) is 11.3 Å². The zero-order chi connectivity index (χ0) is 23.8. The number of pyridine rings is 1. The molecule has 2 aromatic carbocycles. The van der Waals surface area contributed by atoms with E-state index in [1.165, 1.54) is 24.3 Å². The minimum absolute atomic E-state index is 0.0837. The van der Waals surface area contributed by atoms with Crippen molar-refractivity contribution < 1.29 is 18.7 Å². The molecular weight excluding hydrogens is 477 g/mol. The number of nitrogens with zero attached hydrogens (tertiary/aromatic N) is 2. The lowest BCUT2D eigenvalue weighted by Crippen LogP contribution is -2.30. The van der Waals surface area contributed by atoms with Crippen molar-refractivity contribution in [1.82, 2.24) is 10.3 Å². The molecule has 2 atom stereocenters. The fourth-order valence-corrected chi connectivity index (χ4v) is 4.60. The van der Waals surface area contributed by atoms with Crippen LogP contribution in [0.15, 0.2) is 83.4 Å². The van der Waals surface area contributed by atoms with Gasteiger partial charge in [-0.25, -0.2) is 9.18 Å². The summed E-state index contributed by atoms with van der Waals surface area (Å²) < 4.78 is 21.0. The highest BCUT2D eigenvalue weighted by Gasteiger charge is 2.43. The molecule has 5 rings (SSSR count). The van der Waals surface area contributed by atoms with Gasteiger partial charge < -0.3 is 19.7 Å². The summed E-state index contributed by atoms with van der Waals surface area (Å²) in [5, 5.41) is 13.3. The van der Waals surface area contributed by atoms with E-state index in [1.54, 1.807) is 41.4 Å². The van der Waals surface area contributed by atoms with E-state index >= 15 is 0 Å². The summed E-state index contributed by atoms with van der Waals surface area (Å²) in [5.41, 5.74) is 1.53. The number of rotatable bonds is 5. The minimum atomic E-state index is -1.07. The first-order chi connectivity index (χ1) is 16.4. The lowest BCUT2D eigenvalue weighted by molar-refractivity contribution is 0.0697. The van der Waals surface area contributed by atoms with Gasteiger partial charge in [0.05, 0.1) is 28.0 Å². The SMILES string of the molecule is O=C(O)c1ccc(Cl)c(-c2ccc([C@@H]3[C@H](c4ccccn4)NC(=S)N3c3ccccc3F)o2)c1. The second kappa shape index (κ2) is 8.89. The molecule has 0 radical (unpaired) electrons. The highest BCUT2D eigenvalue weighted by molar-refractivity contribution is 7.80. The number of anilines is 1. The first kappa shape index (κ1) is 22.1. The summed E-state index contributed by atoms with van der Waals surface area (Å²) in [4.78, 5) is 17.6. The van der Waals surface area contributed by atoms with Crippen molar-refractivity contribution in [3.05, 3.63) is 107 Å². The van der Waals surface area contributed by atoms with Crippen molar-refractivity contribution in [1.29, 1.82) is 0 Å². The maximum Gasteiger partial charge on any atom is 0.335 e. The summed E-state index contributed by atoms with van der Waals surface area (Å²) in [6.07, 6.45) is 1.67. The van der Waals surface area contributed by atoms with E-state index in [4.69, 9.17) is 28.2 Å². The van der Waals surface area contributed by atoms with E-state index < -0.39 is 23.9 Å². The van der Waals surface area contributed by atoms with Crippen LogP contribution < -0.4 is 10.2 Å². The van der Waals surface area contributed by atoms with Gasteiger partial charge in [0.25, 0.3) is 0 Å². The molecule has 2 N–H and O–H groups in total. The molecule has 1 aliphatic heterocycles. The molecule has 9 heteroatoms. The molecule has 0 saturated carbocycles. The van der Waals surface area contributed by atoms with Crippen LogP contribution in [0.5, 0.6) is 0 Å². The second-order valence-electron chi connectivity index (χ2n) is 7.65. The van der Waals surface area contributed by atoms with Crippen LogP contribution in [0.2, 0.25) is 5.02 Å². The topological polar surface area (TPSA) is 78.6 Å². The normalized spacial score (nSPS) is 17.6. The summed E-state index contributed by atoms with van der Waals surface area (Å²) >= 11 is 11.9. The molecule has 6 nitrogen and oxygen atoms in total. The number of aromatic nitrogens is 1. The first-order valence-electron chi connectivity index (χ1n) is 10.3. The maximum atomic E-state index is 14.8. The number of carboxylic acid groups (broad SMARTS) is 1. The number of carbonyl (C=O) groups is 1. The molecular formula is C25H17ClFN3O3S. The first-order valence-corrected chi connectivity index (χ1v) is 11.1. The number of aromatic carboxylic acids is 1. The van der Waals surface area contributed by atoms with Crippen molar-refractivity contribution in [3.63, 3.8) is 0 Å². The monoisotopic (exact) mass is 493 g/mol. The molecule has 0 bridgehead atoms. The Labute approximate surface area is 204 Å². The molecule has 2 aromatic heterocycles. The predicted molar refractivity (Wildman–Crippen MR) is 130 cm³/mol. The van der Waals surface area contributed by atoms with Gasteiger partial charge in [0.1, 0.15) is 23.4 Å². The Hall–Kier alpha value is -3.75. The highest BCUT2D eigenvalue weighted by atomic mass is 35.5. The number of carboxylic acids is 1. The van der Waals surface area contributed by atoms with Gasteiger partial charge in [-0.3, -0.25) is 4.98 Å². The molecule has 0 aliphatic carbocycles. The van der Waals surface area contributed by atoms with Gasteiger partial charge >= 0.3 is 5.97 Å². The Bertz CT molecular complexity index is 1400. The molecule has 1 fully saturated rings.